The Balaban J connectivity index is 1.72. The van der Waals surface area contributed by atoms with Crippen LogP contribution in [0.5, 0.6) is 0 Å². The molecule has 0 unspecified atom stereocenters. The lowest BCUT2D eigenvalue weighted by molar-refractivity contribution is -0.115. The van der Waals surface area contributed by atoms with Crippen LogP contribution >= 0.6 is 0 Å². The van der Waals surface area contributed by atoms with Crippen molar-refractivity contribution in [2.75, 3.05) is 38.5 Å². The molecular weight excluding hydrogens is 321 g/mol. The van der Waals surface area contributed by atoms with E-state index in [0.29, 0.717) is 17.7 Å². The van der Waals surface area contributed by atoms with Gasteiger partial charge in [0, 0.05) is 31.9 Å². The predicted molar refractivity (Wildman–Crippen MR) is 99.3 cm³/mol. The number of halogens is 1. The van der Waals surface area contributed by atoms with E-state index in [9.17, 15) is 9.18 Å². The van der Waals surface area contributed by atoms with Crippen molar-refractivity contribution in [2.45, 2.75) is 32.2 Å². The summed E-state index contributed by atoms with van der Waals surface area (Å²) in [6, 6.07) is 6.20. The van der Waals surface area contributed by atoms with Gasteiger partial charge in [-0.15, -0.1) is 0 Å². The highest BCUT2D eigenvalue weighted by atomic mass is 19.1. The van der Waals surface area contributed by atoms with E-state index in [0.717, 1.165) is 32.5 Å². The number of likely N-dealkylation sites (tertiary alicyclic amines) is 1. The molecule has 0 bridgehead atoms. The maximum Gasteiger partial charge on any atom is 0.243 e. The Morgan fingerprint density at radius 1 is 1.36 bits per heavy atom. The third-order valence-corrected chi connectivity index (χ3v) is 4.22. The summed E-state index contributed by atoms with van der Waals surface area (Å²) in [7, 11) is 1.69. The van der Waals surface area contributed by atoms with Crippen molar-refractivity contribution >= 4 is 17.6 Å². The van der Waals surface area contributed by atoms with E-state index in [1.807, 2.05) is 0 Å². The van der Waals surface area contributed by atoms with Crippen LogP contribution in [-0.4, -0.2) is 56.0 Å². The molecule has 2 rings (SSSR count). The number of rotatable bonds is 6. The molecule has 1 aromatic rings. The molecule has 3 N–H and O–H groups in total. The molecule has 0 atom stereocenters. The minimum absolute atomic E-state index is 0.0743. The number of hydrogen-bond acceptors (Lipinski definition) is 3. The van der Waals surface area contributed by atoms with Crippen LogP contribution < -0.4 is 16.0 Å². The lowest BCUT2D eigenvalue weighted by Crippen LogP contribution is -2.49. The largest absolute Gasteiger partial charge is 0.354 e. The van der Waals surface area contributed by atoms with Crippen LogP contribution in [0, 0.1) is 5.82 Å². The molecule has 138 valence electrons. The van der Waals surface area contributed by atoms with Gasteiger partial charge in [0.2, 0.25) is 5.91 Å². The summed E-state index contributed by atoms with van der Waals surface area (Å²) in [5, 5.41) is 9.03. The van der Waals surface area contributed by atoms with E-state index < -0.39 is 0 Å². The van der Waals surface area contributed by atoms with Gasteiger partial charge in [-0.3, -0.25) is 9.79 Å². The van der Waals surface area contributed by atoms with Gasteiger partial charge in [0.25, 0.3) is 0 Å². The molecule has 1 amide bonds. The second-order valence-corrected chi connectivity index (χ2v) is 6.24. The molecule has 1 aliphatic heterocycles. The van der Waals surface area contributed by atoms with Crippen molar-refractivity contribution in [3.63, 3.8) is 0 Å². The number of piperidine rings is 1. The second kappa shape index (κ2) is 9.98. The van der Waals surface area contributed by atoms with E-state index in [1.54, 1.807) is 19.2 Å². The first-order valence-corrected chi connectivity index (χ1v) is 8.85. The molecule has 7 heteroatoms. The number of nitrogens with zero attached hydrogens (tertiary/aromatic N) is 2. The van der Waals surface area contributed by atoms with E-state index in [2.05, 4.69) is 32.8 Å². The third kappa shape index (κ3) is 6.70. The fourth-order valence-electron chi connectivity index (χ4n) is 2.94. The predicted octanol–water partition coefficient (Wildman–Crippen LogP) is 1.80. The minimum atomic E-state index is -0.377. The van der Waals surface area contributed by atoms with Gasteiger partial charge in [-0.1, -0.05) is 13.0 Å². The molecule has 25 heavy (non-hydrogen) atoms. The summed E-state index contributed by atoms with van der Waals surface area (Å²) in [6.07, 6.45) is 3.31. The Morgan fingerprint density at radius 2 is 2.12 bits per heavy atom. The number of carbonyl (C=O) groups excluding carboxylic acids is 1. The Kier molecular flexibility index (Phi) is 7.66. The average Bonchev–Trinajstić information content (AvgIpc) is 2.60. The van der Waals surface area contributed by atoms with E-state index in [4.69, 9.17) is 0 Å². The quantitative estimate of drug-likeness (QED) is 0.541. The van der Waals surface area contributed by atoms with Crippen molar-refractivity contribution < 1.29 is 9.18 Å². The molecule has 1 fully saturated rings. The zero-order valence-corrected chi connectivity index (χ0v) is 15.0. The van der Waals surface area contributed by atoms with Gasteiger partial charge in [0.1, 0.15) is 5.82 Å². The summed E-state index contributed by atoms with van der Waals surface area (Å²) in [6.45, 7) is 5.60. The smallest absolute Gasteiger partial charge is 0.243 e. The number of anilines is 1. The Bertz CT molecular complexity index is 585. The zero-order chi connectivity index (χ0) is 18.1. The van der Waals surface area contributed by atoms with Crippen LogP contribution in [0.2, 0.25) is 0 Å². The lowest BCUT2D eigenvalue weighted by atomic mass is 10.1. The van der Waals surface area contributed by atoms with Gasteiger partial charge in [-0.05, 0) is 44.0 Å². The maximum atomic E-state index is 13.1. The number of benzene rings is 1. The van der Waals surface area contributed by atoms with Crippen molar-refractivity contribution in [2.24, 2.45) is 4.99 Å². The fourth-order valence-corrected chi connectivity index (χ4v) is 2.94. The summed E-state index contributed by atoms with van der Waals surface area (Å²) < 4.78 is 13.1. The Hall–Kier alpha value is -2.15. The van der Waals surface area contributed by atoms with Crippen LogP contribution in [0.15, 0.2) is 29.3 Å². The Morgan fingerprint density at radius 3 is 2.76 bits per heavy atom. The molecular formula is C18H28FN5O. The number of hydrogen-bond donors (Lipinski definition) is 3. The summed E-state index contributed by atoms with van der Waals surface area (Å²) in [5.41, 5.74) is 0.443. The lowest BCUT2D eigenvalue weighted by Gasteiger charge is -2.32. The van der Waals surface area contributed by atoms with Gasteiger partial charge in [0.15, 0.2) is 5.96 Å². The van der Waals surface area contributed by atoms with Crippen molar-refractivity contribution in [3.05, 3.63) is 30.1 Å². The monoisotopic (exact) mass is 349 g/mol. The van der Waals surface area contributed by atoms with E-state index in [1.165, 1.54) is 18.6 Å². The highest BCUT2D eigenvalue weighted by Gasteiger charge is 2.19. The minimum Gasteiger partial charge on any atom is -0.354 e. The number of guanidine groups is 1. The molecule has 1 aliphatic rings. The maximum absolute atomic E-state index is 13.1. The first-order chi connectivity index (χ1) is 12.1. The average molecular weight is 349 g/mol. The first kappa shape index (κ1) is 19.2. The van der Waals surface area contributed by atoms with Crippen molar-refractivity contribution in [1.29, 1.82) is 0 Å². The summed E-state index contributed by atoms with van der Waals surface area (Å²) in [4.78, 5) is 18.6. The van der Waals surface area contributed by atoms with Gasteiger partial charge >= 0.3 is 0 Å². The second-order valence-electron chi connectivity index (χ2n) is 6.24. The highest BCUT2D eigenvalue weighted by molar-refractivity contribution is 5.95. The first-order valence-electron chi connectivity index (χ1n) is 8.85. The summed E-state index contributed by atoms with van der Waals surface area (Å²) >= 11 is 0. The molecule has 0 spiro atoms. The standard InChI is InChI=1S/C18H28FN5O/c1-3-9-24-10-7-15(8-11-24)23-18(20-2)21-13-17(25)22-16-6-4-5-14(19)12-16/h4-6,12,15H,3,7-11,13H2,1-2H3,(H,22,25)(H2,20,21,23). The SMILES string of the molecule is CCCN1CCC(NC(=NC)NCC(=O)Nc2cccc(F)c2)CC1. The van der Waals surface area contributed by atoms with E-state index >= 15 is 0 Å². The molecule has 6 nitrogen and oxygen atoms in total. The Labute approximate surface area is 148 Å². The number of nitrogens with one attached hydrogen (secondary N) is 3. The van der Waals surface area contributed by atoms with Gasteiger partial charge in [0.05, 0.1) is 6.54 Å². The number of amides is 1. The normalized spacial score (nSPS) is 16.5. The van der Waals surface area contributed by atoms with Crippen LogP contribution in [0.25, 0.3) is 0 Å². The molecule has 0 aromatic heterocycles. The topological polar surface area (TPSA) is 68.8 Å². The van der Waals surface area contributed by atoms with Gasteiger partial charge in [-0.25, -0.2) is 4.39 Å². The van der Waals surface area contributed by atoms with Crippen LogP contribution in [-0.2, 0) is 4.79 Å². The molecule has 0 saturated carbocycles. The summed E-state index contributed by atoms with van der Waals surface area (Å²) in [5.74, 6) is -0.00713. The van der Waals surface area contributed by atoms with Crippen LogP contribution in [0.3, 0.4) is 0 Å². The van der Waals surface area contributed by atoms with E-state index in [-0.39, 0.29) is 18.3 Å². The molecule has 0 radical (unpaired) electrons. The highest BCUT2D eigenvalue weighted by Crippen LogP contribution is 2.10. The zero-order valence-electron chi connectivity index (χ0n) is 15.0. The molecule has 1 aromatic carbocycles. The third-order valence-electron chi connectivity index (χ3n) is 4.22. The number of aliphatic imine (C=N–C) groups is 1. The molecule has 0 aliphatic carbocycles. The van der Waals surface area contributed by atoms with Crippen molar-refractivity contribution in [3.8, 4) is 0 Å². The molecule has 1 saturated heterocycles. The fraction of sp³-hybridized carbons (Fsp3) is 0.556. The van der Waals surface area contributed by atoms with Crippen molar-refractivity contribution in [1.82, 2.24) is 15.5 Å². The van der Waals surface area contributed by atoms with Gasteiger partial charge in [-0.2, -0.15) is 0 Å². The van der Waals surface area contributed by atoms with Gasteiger partial charge < -0.3 is 20.9 Å². The molecule has 1 heterocycles. The van der Waals surface area contributed by atoms with Crippen LogP contribution in [0.4, 0.5) is 10.1 Å². The van der Waals surface area contributed by atoms with Crippen LogP contribution in [0.1, 0.15) is 26.2 Å². The number of carbonyl (C=O) groups is 1.